The van der Waals surface area contributed by atoms with E-state index in [1.807, 2.05) is 24.3 Å². The Kier molecular flexibility index (Phi) is 9.60. The lowest BCUT2D eigenvalue weighted by Crippen LogP contribution is -2.14. The molecule has 1 aromatic carbocycles. The van der Waals surface area contributed by atoms with Crippen LogP contribution in [0, 0.1) is 0 Å². The third-order valence-electron chi connectivity index (χ3n) is 3.95. The number of nitrogens with one attached hydrogen (secondary N) is 1. The molecule has 0 spiro atoms. The Morgan fingerprint density at radius 2 is 1.52 bits per heavy atom. The fraction of sp³-hybridized carbons (Fsp3) is 0.632. The number of benzene rings is 1. The number of carbonyl (C=O) groups is 1. The molecule has 0 heterocycles. The summed E-state index contributed by atoms with van der Waals surface area (Å²) in [4.78, 5) is 10.6. The van der Waals surface area contributed by atoms with Gasteiger partial charge in [0.2, 0.25) is 0 Å². The average Bonchev–Trinajstić information content (AvgIpc) is 2.50. The van der Waals surface area contributed by atoms with Crippen molar-refractivity contribution in [3.63, 3.8) is 0 Å². The molecule has 0 aliphatic carbocycles. The zero-order chi connectivity index (χ0) is 15.3. The summed E-state index contributed by atoms with van der Waals surface area (Å²) in [7, 11) is 0. The summed E-state index contributed by atoms with van der Waals surface area (Å²) < 4.78 is 0. The molecule has 1 N–H and O–H groups in total. The molecule has 0 fully saturated rings. The lowest BCUT2D eigenvalue weighted by molar-refractivity contribution is 0.112. The van der Waals surface area contributed by atoms with E-state index in [1.54, 1.807) is 0 Å². The first kappa shape index (κ1) is 17.7. The van der Waals surface area contributed by atoms with Crippen LogP contribution in [0.2, 0.25) is 0 Å². The quantitative estimate of drug-likeness (QED) is 0.387. The average molecular weight is 289 g/mol. The van der Waals surface area contributed by atoms with Crippen LogP contribution in [-0.4, -0.2) is 12.3 Å². The highest BCUT2D eigenvalue weighted by molar-refractivity contribution is 5.75. The van der Waals surface area contributed by atoms with Crippen LogP contribution in [0.5, 0.6) is 0 Å². The van der Waals surface area contributed by atoms with Crippen LogP contribution >= 0.6 is 0 Å². The Morgan fingerprint density at radius 3 is 2.10 bits per heavy atom. The molecular weight excluding hydrogens is 258 g/mol. The zero-order valence-electron chi connectivity index (χ0n) is 13.7. The van der Waals surface area contributed by atoms with E-state index in [0.717, 1.165) is 17.5 Å². The van der Waals surface area contributed by atoms with Crippen molar-refractivity contribution in [1.29, 1.82) is 0 Å². The maximum atomic E-state index is 10.6. The third kappa shape index (κ3) is 8.54. The van der Waals surface area contributed by atoms with Crippen LogP contribution < -0.4 is 5.32 Å². The van der Waals surface area contributed by atoms with Gasteiger partial charge >= 0.3 is 0 Å². The Morgan fingerprint density at radius 1 is 0.952 bits per heavy atom. The van der Waals surface area contributed by atoms with E-state index in [0.29, 0.717) is 6.04 Å². The van der Waals surface area contributed by atoms with Gasteiger partial charge in [-0.3, -0.25) is 4.79 Å². The molecule has 0 bridgehead atoms. The molecule has 1 atom stereocenters. The Labute approximate surface area is 130 Å². The standard InChI is InChI=1S/C19H31NO/c1-3-4-5-6-7-8-9-10-11-17(2)20-19-14-12-18(16-21)13-15-19/h12-17,20H,3-11H2,1-2H3. The van der Waals surface area contributed by atoms with Gasteiger partial charge in [-0.25, -0.2) is 0 Å². The number of carbonyl (C=O) groups excluding carboxylic acids is 1. The minimum atomic E-state index is 0.493. The number of hydrogen-bond acceptors (Lipinski definition) is 2. The SMILES string of the molecule is CCCCCCCCCCC(C)Nc1ccc(C=O)cc1. The molecule has 2 nitrogen and oxygen atoms in total. The fourth-order valence-corrected chi connectivity index (χ4v) is 2.60. The number of anilines is 1. The van der Waals surface area contributed by atoms with Gasteiger partial charge in [-0.2, -0.15) is 0 Å². The number of aldehydes is 1. The van der Waals surface area contributed by atoms with Crippen LogP contribution in [-0.2, 0) is 0 Å². The molecule has 0 radical (unpaired) electrons. The number of rotatable bonds is 12. The summed E-state index contributed by atoms with van der Waals surface area (Å²) in [5, 5.41) is 3.50. The molecule has 1 aromatic rings. The van der Waals surface area contributed by atoms with Crippen molar-refractivity contribution in [3.8, 4) is 0 Å². The highest BCUT2D eigenvalue weighted by Gasteiger charge is 2.02. The minimum Gasteiger partial charge on any atom is -0.383 e. The first-order valence-corrected chi connectivity index (χ1v) is 8.58. The summed E-state index contributed by atoms with van der Waals surface area (Å²) in [6.07, 6.45) is 13.1. The van der Waals surface area contributed by atoms with Crippen LogP contribution in [0.3, 0.4) is 0 Å². The molecule has 0 amide bonds. The van der Waals surface area contributed by atoms with Gasteiger partial charge in [0.1, 0.15) is 6.29 Å². The van der Waals surface area contributed by atoms with Crippen molar-refractivity contribution < 1.29 is 4.79 Å². The van der Waals surface area contributed by atoms with E-state index < -0.39 is 0 Å². The Balaban J connectivity index is 2.05. The van der Waals surface area contributed by atoms with Gasteiger partial charge in [-0.15, -0.1) is 0 Å². The summed E-state index contributed by atoms with van der Waals surface area (Å²) in [5.41, 5.74) is 1.84. The normalized spacial score (nSPS) is 12.1. The van der Waals surface area contributed by atoms with Crippen LogP contribution in [0.4, 0.5) is 5.69 Å². The van der Waals surface area contributed by atoms with Crippen molar-refractivity contribution in [2.75, 3.05) is 5.32 Å². The molecule has 0 aliphatic rings. The van der Waals surface area contributed by atoms with Gasteiger partial charge in [0, 0.05) is 17.3 Å². The molecular formula is C19H31NO. The lowest BCUT2D eigenvalue weighted by atomic mass is 10.1. The zero-order valence-corrected chi connectivity index (χ0v) is 13.7. The summed E-state index contributed by atoms with van der Waals surface area (Å²) >= 11 is 0. The van der Waals surface area contributed by atoms with Crippen LogP contribution in [0.15, 0.2) is 24.3 Å². The smallest absolute Gasteiger partial charge is 0.150 e. The first-order valence-electron chi connectivity index (χ1n) is 8.58. The monoisotopic (exact) mass is 289 g/mol. The predicted octanol–water partition coefficient (Wildman–Crippen LogP) is 5.83. The molecule has 0 saturated heterocycles. The fourth-order valence-electron chi connectivity index (χ4n) is 2.60. The summed E-state index contributed by atoms with van der Waals surface area (Å²) in [5.74, 6) is 0. The van der Waals surface area contributed by atoms with E-state index in [-0.39, 0.29) is 0 Å². The van der Waals surface area contributed by atoms with Gasteiger partial charge in [-0.1, -0.05) is 58.3 Å². The summed E-state index contributed by atoms with van der Waals surface area (Å²) in [6.45, 7) is 4.50. The Hall–Kier alpha value is -1.31. The van der Waals surface area contributed by atoms with Crippen LogP contribution in [0.25, 0.3) is 0 Å². The molecule has 0 saturated carbocycles. The molecule has 118 valence electrons. The van der Waals surface area contributed by atoms with Crippen molar-refractivity contribution >= 4 is 12.0 Å². The van der Waals surface area contributed by atoms with Gasteiger partial charge in [0.05, 0.1) is 0 Å². The second-order valence-electron chi connectivity index (χ2n) is 6.05. The third-order valence-corrected chi connectivity index (χ3v) is 3.95. The highest BCUT2D eigenvalue weighted by atomic mass is 16.1. The van der Waals surface area contributed by atoms with E-state index in [4.69, 9.17) is 0 Å². The molecule has 0 aromatic heterocycles. The van der Waals surface area contributed by atoms with E-state index in [1.165, 1.54) is 57.8 Å². The first-order chi connectivity index (χ1) is 10.3. The molecule has 1 rings (SSSR count). The second kappa shape index (κ2) is 11.4. The van der Waals surface area contributed by atoms with Gasteiger partial charge in [-0.05, 0) is 37.6 Å². The minimum absolute atomic E-state index is 0.493. The highest BCUT2D eigenvalue weighted by Crippen LogP contribution is 2.14. The Bertz CT molecular complexity index is 372. The molecule has 2 heteroatoms. The number of hydrogen-bond donors (Lipinski definition) is 1. The van der Waals surface area contributed by atoms with E-state index >= 15 is 0 Å². The summed E-state index contributed by atoms with van der Waals surface area (Å²) in [6, 6.07) is 8.17. The van der Waals surface area contributed by atoms with Gasteiger partial charge < -0.3 is 5.32 Å². The van der Waals surface area contributed by atoms with Gasteiger partial charge in [0.15, 0.2) is 0 Å². The predicted molar refractivity (Wildman–Crippen MR) is 92.1 cm³/mol. The molecule has 0 aliphatic heterocycles. The van der Waals surface area contributed by atoms with Gasteiger partial charge in [0.25, 0.3) is 0 Å². The van der Waals surface area contributed by atoms with Crippen molar-refractivity contribution in [2.24, 2.45) is 0 Å². The van der Waals surface area contributed by atoms with Crippen LogP contribution in [0.1, 0.15) is 82.0 Å². The topological polar surface area (TPSA) is 29.1 Å². The maximum Gasteiger partial charge on any atom is 0.150 e. The molecule has 21 heavy (non-hydrogen) atoms. The van der Waals surface area contributed by atoms with Crippen molar-refractivity contribution in [1.82, 2.24) is 0 Å². The maximum absolute atomic E-state index is 10.6. The second-order valence-corrected chi connectivity index (χ2v) is 6.05. The van der Waals surface area contributed by atoms with E-state index in [9.17, 15) is 4.79 Å². The lowest BCUT2D eigenvalue weighted by Gasteiger charge is -2.15. The van der Waals surface area contributed by atoms with Crippen molar-refractivity contribution in [3.05, 3.63) is 29.8 Å². The largest absolute Gasteiger partial charge is 0.383 e. The number of unbranched alkanes of at least 4 members (excludes halogenated alkanes) is 7. The van der Waals surface area contributed by atoms with Crippen molar-refractivity contribution in [2.45, 2.75) is 77.7 Å². The van der Waals surface area contributed by atoms with E-state index in [2.05, 4.69) is 19.2 Å². The molecule has 1 unspecified atom stereocenters.